The number of hydrogen-bond donors (Lipinski definition) is 1. The van der Waals surface area contributed by atoms with Gasteiger partial charge in [0.05, 0.1) is 20.3 Å². The second-order valence-corrected chi connectivity index (χ2v) is 6.45. The highest BCUT2D eigenvalue weighted by Crippen LogP contribution is 2.35. The molecule has 8 heteroatoms. The lowest BCUT2D eigenvalue weighted by atomic mass is 9.95. The third-order valence-electron chi connectivity index (χ3n) is 4.64. The maximum atomic E-state index is 12.5. The van der Waals surface area contributed by atoms with Crippen LogP contribution in [-0.2, 0) is 0 Å². The molecule has 1 saturated heterocycles. The van der Waals surface area contributed by atoms with Gasteiger partial charge in [0.1, 0.15) is 17.2 Å². The van der Waals surface area contributed by atoms with E-state index >= 15 is 0 Å². The predicted molar refractivity (Wildman–Crippen MR) is 99.0 cm³/mol. The molecule has 1 atom stereocenters. The van der Waals surface area contributed by atoms with Crippen molar-refractivity contribution in [1.29, 1.82) is 0 Å². The number of halogens is 3. The molecule has 0 radical (unpaired) electrons. The molecule has 5 nitrogen and oxygen atoms in total. The number of nitrogens with zero attached hydrogens (tertiary/aromatic N) is 1. The smallest absolute Gasteiger partial charge is 0.497 e. The van der Waals surface area contributed by atoms with Gasteiger partial charge in [-0.15, -0.1) is 13.2 Å². The fraction of sp³-hybridized carbons (Fsp3) is 0.400. The molecule has 3 rings (SSSR count). The number of hydrogen-bond acceptors (Lipinski definition) is 5. The SMILES string of the molecule is COc1cc(OC)cc([C@H](c2ccc(OC(F)(F)F)cc2)N2CCNCC2)c1. The van der Waals surface area contributed by atoms with E-state index in [4.69, 9.17) is 9.47 Å². The fourth-order valence-corrected chi connectivity index (χ4v) is 3.39. The van der Waals surface area contributed by atoms with E-state index in [-0.39, 0.29) is 11.8 Å². The molecule has 1 heterocycles. The van der Waals surface area contributed by atoms with Crippen molar-refractivity contribution in [2.75, 3.05) is 40.4 Å². The van der Waals surface area contributed by atoms with Gasteiger partial charge in [-0.1, -0.05) is 12.1 Å². The molecular formula is C20H23F3N2O3. The minimum Gasteiger partial charge on any atom is -0.497 e. The monoisotopic (exact) mass is 396 g/mol. The Kier molecular flexibility index (Phi) is 6.31. The molecule has 2 aromatic carbocycles. The average molecular weight is 396 g/mol. The summed E-state index contributed by atoms with van der Waals surface area (Å²) in [5.74, 6) is 1.08. The van der Waals surface area contributed by atoms with Crippen LogP contribution < -0.4 is 19.5 Å². The lowest BCUT2D eigenvalue weighted by Gasteiger charge is -2.36. The zero-order chi connectivity index (χ0) is 20.1. The second kappa shape index (κ2) is 8.70. The molecule has 0 saturated carbocycles. The summed E-state index contributed by atoms with van der Waals surface area (Å²) in [4.78, 5) is 2.28. The van der Waals surface area contributed by atoms with Crippen molar-refractivity contribution < 1.29 is 27.4 Å². The summed E-state index contributed by atoms with van der Waals surface area (Å²) in [6.07, 6.45) is -4.71. The van der Waals surface area contributed by atoms with Gasteiger partial charge in [-0.2, -0.15) is 0 Å². The van der Waals surface area contributed by atoms with Gasteiger partial charge in [-0.3, -0.25) is 4.90 Å². The summed E-state index contributed by atoms with van der Waals surface area (Å²) < 4.78 is 52.1. The number of ether oxygens (including phenoxy) is 3. The summed E-state index contributed by atoms with van der Waals surface area (Å²) in [6, 6.07) is 11.5. The third kappa shape index (κ3) is 5.08. The summed E-state index contributed by atoms with van der Waals surface area (Å²) in [6.45, 7) is 3.30. The lowest BCUT2D eigenvalue weighted by molar-refractivity contribution is -0.274. The van der Waals surface area contributed by atoms with Gasteiger partial charge < -0.3 is 19.5 Å². The fourth-order valence-electron chi connectivity index (χ4n) is 3.39. The van der Waals surface area contributed by atoms with Gasteiger partial charge in [0, 0.05) is 32.2 Å². The highest BCUT2D eigenvalue weighted by Gasteiger charge is 2.31. The van der Waals surface area contributed by atoms with Gasteiger partial charge in [0.2, 0.25) is 0 Å². The number of nitrogens with one attached hydrogen (secondary N) is 1. The van der Waals surface area contributed by atoms with E-state index in [9.17, 15) is 13.2 Å². The predicted octanol–water partition coefficient (Wildman–Crippen LogP) is 3.60. The van der Waals surface area contributed by atoms with Crippen molar-refractivity contribution in [2.24, 2.45) is 0 Å². The summed E-state index contributed by atoms with van der Waals surface area (Å²) in [7, 11) is 3.17. The van der Waals surface area contributed by atoms with Crippen LogP contribution in [0.2, 0.25) is 0 Å². The highest BCUT2D eigenvalue weighted by atomic mass is 19.4. The summed E-state index contributed by atoms with van der Waals surface area (Å²) in [5, 5.41) is 3.32. The zero-order valence-electron chi connectivity index (χ0n) is 15.8. The number of methoxy groups -OCH3 is 2. The molecule has 0 amide bonds. The van der Waals surface area contributed by atoms with Crippen molar-refractivity contribution in [3.63, 3.8) is 0 Å². The van der Waals surface area contributed by atoms with Gasteiger partial charge >= 0.3 is 6.36 Å². The van der Waals surface area contributed by atoms with Crippen molar-refractivity contribution in [2.45, 2.75) is 12.4 Å². The molecule has 0 unspecified atom stereocenters. The Labute approximate surface area is 162 Å². The van der Waals surface area contributed by atoms with E-state index in [1.807, 2.05) is 12.1 Å². The van der Waals surface area contributed by atoms with Crippen molar-refractivity contribution in [3.05, 3.63) is 53.6 Å². The van der Waals surface area contributed by atoms with E-state index < -0.39 is 6.36 Å². The number of piperazine rings is 1. The van der Waals surface area contributed by atoms with E-state index in [2.05, 4.69) is 15.0 Å². The normalized spacial score (nSPS) is 16.5. The van der Waals surface area contributed by atoms with Gasteiger partial charge in [-0.05, 0) is 35.4 Å². The minimum atomic E-state index is -4.71. The van der Waals surface area contributed by atoms with Gasteiger partial charge in [0.25, 0.3) is 0 Å². The average Bonchev–Trinajstić information content (AvgIpc) is 2.69. The third-order valence-corrected chi connectivity index (χ3v) is 4.64. The highest BCUT2D eigenvalue weighted by molar-refractivity contribution is 5.44. The molecule has 1 fully saturated rings. The van der Waals surface area contributed by atoms with Crippen LogP contribution in [0.5, 0.6) is 17.2 Å². The number of alkyl halides is 3. The quantitative estimate of drug-likeness (QED) is 0.808. The van der Waals surface area contributed by atoms with E-state index in [0.29, 0.717) is 11.5 Å². The molecular weight excluding hydrogens is 373 g/mol. The molecule has 152 valence electrons. The van der Waals surface area contributed by atoms with Crippen LogP contribution in [0.15, 0.2) is 42.5 Å². The largest absolute Gasteiger partial charge is 0.573 e. The van der Waals surface area contributed by atoms with Crippen LogP contribution in [0.25, 0.3) is 0 Å². The van der Waals surface area contributed by atoms with E-state index in [0.717, 1.165) is 37.3 Å². The first kappa shape index (κ1) is 20.3. The molecule has 1 N–H and O–H groups in total. The Balaban J connectivity index is 1.98. The first-order valence-electron chi connectivity index (χ1n) is 8.93. The maximum absolute atomic E-state index is 12.5. The molecule has 1 aliphatic heterocycles. The minimum absolute atomic E-state index is 0.147. The Hall–Kier alpha value is -2.45. The van der Waals surface area contributed by atoms with Crippen LogP contribution in [0.4, 0.5) is 13.2 Å². The molecule has 0 bridgehead atoms. The first-order chi connectivity index (χ1) is 13.4. The lowest BCUT2D eigenvalue weighted by Crippen LogP contribution is -2.45. The zero-order valence-corrected chi connectivity index (χ0v) is 15.8. The summed E-state index contributed by atoms with van der Waals surface area (Å²) >= 11 is 0. The molecule has 1 aliphatic rings. The second-order valence-electron chi connectivity index (χ2n) is 6.45. The Morgan fingerprint density at radius 2 is 1.43 bits per heavy atom. The van der Waals surface area contributed by atoms with Crippen LogP contribution in [0, 0.1) is 0 Å². The van der Waals surface area contributed by atoms with Gasteiger partial charge in [-0.25, -0.2) is 0 Å². The first-order valence-corrected chi connectivity index (χ1v) is 8.93. The van der Waals surface area contributed by atoms with Crippen molar-refractivity contribution in [3.8, 4) is 17.2 Å². The molecule has 0 spiro atoms. The van der Waals surface area contributed by atoms with Crippen LogP contribution in [-0.4, -0.2) is 51.7 Å². The molecule has 28 heavy (non-hydrogen) atoms. The Bertz CT molecular complexity index is 753. The van der Waals surface area contributed by atoms with E-state index in [1.165, 1.54) is 12.1 Å². The Morgan fingerprint density at radius 1 is 0.857 bits per heavy atom. The van der Waals surface area contributed by atoms with Gasteiger partial charge in [0.15, 0.2) is 0 Å². The Morgan fingerprint density at radius 3 is 1.93 bits per heavy atom. The van der Waals surface area contributed by atoms with Crippen LogP contribution >= 0.6 is 0 Å². The molecule has 2 aromatic rings. The van der Waals surface area contributed by atoms with Crippen molar-refractivity contribution in [1.82, 2.24) is 10.2 Å². The van der Waals surface area contributed by atoms with Crippen molar-refractivity contribution >= 4 is 0 Å². The number of benzene rings is 2. The van der Waals surface area contributed by atoms with Crippen LogP contribution in [0.1, 0.15) is 17.2 Å². The maximum Gasteiger partial charge on any atom is 0.573 e. The molecule has 0 aliphatic carbocycles. The summed E-state index contributed by atoms with van der Waals surface area (Å²) in [5.41, 5.74) is 1.81. The molecule has 0 aromatic heterocycles. The standard InChI is InChI=1S/C20H23F3N2O3/c1-26-17-11-15(12-18(13-17)27-2)19(25-9-7-24-8-10-25)14-3-5-16(6-4-14)28-20(21,22)23/h3-6,11-13,19,24H,7-10H2,1-2H3/t19-/m0/s1. The number of rotatable bonds is 6. The van der Waals surface area contributed by atoms with Crippen LogP contribution in [0.3, 0.4) is 0 Å². The van der Waals surface area contributed by atoms with E-state index in [1.54, 1.807) is 32.4 Å². The topological polar surface area (TPSA) is 43.0 Å².